The maximum Gasteiger partial charge on any atom is 0.305 e. The van der Waals surface area contributed by atoms with Crippen LogP contribution in [0.25, 0.3) is 0 Å². The van der Waals surface area contributed by atoms with Crippen molar-refractivity contribution >= 4 is 12.2 Å². The van der Waals surface area contributed by atoms with Crippen LogP contribution in [0, 0.1) is 0 Å². The summed E-state index contributed by atoms with van der Waals surface area (Å²) in [5, 5.41) is 3.65. The summed E-state index contributed by atoms with van der Waals surface area (Å²) in [6.07, 6.45) is 8.79. The van der Waals surface area contributed by atoms with Gasteiger partial charge in [-0.15, -0.1) is 0 Å². The molecular formula is C11H21NO3. The van der Waals surface area contributed by atoms with Gasteiger partial charge in [-0.05, 0) is 19.3 Å². The molecule has 0 aromatic heterocycles. The number of ether oxygens (including phenoxy) is 1. The number of hydrogen-bond donors (Lipinski definition) is 0. The minimum atomic E-state index is -0.109. The third kappa shape index (κ3) is 10.9. The molecule has 0 saturated carbocycles. The molecule has 0 rings (SSSR count). The molecule has 15 heavy (non-hydrogen) atoms. The van der Waals surface area contributed by atoms with Crippen LogP contribution in [0.3, 0.4) is 0 Å². The Kier molecular flexibility index (Phi) is 10.2. The molecule has 0 atom stereocenters. The van der Waals surface area contributed by atoms with Crippen LogP contribution in [-0.4, -0.2) is 26.4 Å². The fraction of sp³-hybridized carbons (Fsp3) is 0.818. The zero-order chi connectivity index (χ0) is 11.4. The van der Waals surface area contributed by atoms with Gasteiger partial charge in [0.25, 0.3) is 0 Å². The van der Waals surface area contributed by atoms with E-state index in [1.54, 1.807) is 13.3 Å². The second-order valence-electron chi connectivity index (χ2n) is 3.35. The summed E-state index contributed by atoms with van der Waals surface area (Å²) >= 11 is 0. The molecule has 0 aliphatic carbocycles. The number of rotatable bonds is 9. The molecule has 0 aliphatic rings. The minimum absolute atomic E-state index is 0.109. The standard InChI is InChI=1S/C11H21NO3/c1-14-11(13)9-7-5-3-4-6-8-10-12-15-2/h10H,3-9H2,1-2H3/b12-10+. The number of carbonyl (C=O) groups is 1. The number of hydrogen-bond acceptors (Lipinski definition) is 4. The second-order valence-corrected chi connectivity index (χ2v) is 3.35. The van der Waals surface area contributed by atoms with E-state index in [1.165, 1.54) is 13.5 Å². The molecule has 0 radical (unpaired) electrons. The second kappa shape index (κ2) is 11.0. The quantitative estimate of drug-likeness (QED) is 0.257. The largest absolute Gasteiger partial charge is 0.469 e. The van der Waals surface area contributed by atoms with E-state index in [0.29, 0.717) is 6.42 Å². The lowest BCUT2D eigenvalue weighted by Crippen LogP contribution is -1.99. The summed E-state index contributed by atoms with van der Waals surface area (Å²) in [6, 6.07) is 0. The monoisotopic (exact) mass is 215 g/mol. The summed E-state index contributed by atoms with van der Waals surface area (Å²) in [4.78, 5) is 15.3. The first kappa shape index (κ1) is 13.9. The summed E-state index contributed by atoms with van der Waals surface area (Å²) in [5.41, 5.74) is 0. The normalized spacial score (nSPS) is 10.5. The molecule has 0 spiro atoms. The molecule has 0 aliphatic heterocycles. The molecule has 0 heterocycles. The fourth-order valence-electron chi connectivity index (χ4n) is 1.26. The Morgan fingerprint density at radius 2 is 1.80 bits per heavy atom. The van der Waals surface area contributed by atoms with Crippen molar-refractivity contribution in [3.05, 3.63) is 0 Å². The van der Waals surface area contributed by atoms with Crippen LogP contribution in [0.1, 0.15) is 44.9 Å². The molecule has 0 aromatic rings. The average molecular weight is 215 g/mol. The van der Waals surface area contributed by atoms with Gasteiger partial charge in [0, 0.05) is 12.6 Å². The lowest BCUT2D eigenvalue weighted by Gasteiger charge is -1.99. The van der Waals surface area contributed by atoms with Crippen molar-refractivity contribution < 1.29 is 14.4 Å². The van der Waals surface area contributed by atoms with Gasteiger partial charge >= 0.3 is 5.97 Å². The number of methoxy groups -OCH3 is 1. The first-order valence-electron chi connectivity index (χ1n) is 5.43. The number of nitrogens with zero attached hydrogens (tertiary/aromatic N) is 1. The maximum absolute atomic E-state index is 10.8. The molecule has 0 aromatic carbocycles. The van der Waals surface area contributed by atoms with Gasteiger partial charge in [-0.3, -0.25) is 4.79 Å². The van der Waals surface area contributed by atoms with Gasteiger partial charge in [0.15, 0.2) is 0 Å². The van der Waals surface area contributed by atoms with Gasteiger partial charge < -0.3 is 9.57 Å². The minimum Gasteiger partial charge on any atom is -0.469 e. The molecule has 0 saturated heterocycles. The van der Waals surface area contributed by atoms with Gasteiger partial charge in [-0.1, -0.05) is 24.4 Å². The molecule has 4 heteroatoms. The van der Waals surface area contributed by atoms with Gasteiger partial charge in [-0.25, -0.2) is 0 Å². The molecule has 88 valence electrons. The molecule has 0 amide bonds. The molecule has 0 fully saturated rings. The number of oxime groups is 1. The third-order valence-corrected chi connectivity index (χ3v) is 2.12. The number of carbonyl (C=O) groups excluding carboxylic acids is 1. The average Bonchev–Trinajstić information content (AvgIpc) is 2.26. The summed E-state index contributed by atoms with van der Waals surface area (Å²) in [6.45, 7) is 0. The first-order valence-corrected chi connectivity index (χ1v) is 5.43. The Morgan fingerprint density at radius 1 is 1.13 bits per heavy atom. The van der Waals surface area contributed by atoms with Crippen LogP contribution in [0.2, 0.25) is 0 Å². The highest BCUT2D eigenvalue weighted by molar-refractivity contribution is 5.68. The summed E-state index contributed by atoms with van der Waals surface area (Å²) < 4.78 is 4.55. The predicted molar refractivity (Wildman–Crippen MR) is 59.8 cm³/mol. The predicted octanol–water partition coefficient (Wildman–Crippen LogP) is 2.52. The highest BCUT2D eigenvalue weighted by Crippen LogP contribution is 2.06. The van der Waals surface area contributed by atoms with E-state index in [-0.39, 0.29) is 5.97 Å². The first-order chi connectivity index (χ1) is 7.31. The van der Waals surface area contributed by atoms with Crippen molar-refractivity contribution in [1.82, 2.24) is 0 Å². The van der Waals surface area contributed by atoms with Crippen molar-refractivity contribution in [3.63, 3.8) is 0 Å². The highest BCUT2D eigenvalue weighted by atomic mass is 16.6. The van der Waals surface area contributed by atoms with E-state index in [2.05, 4.69) is 14.7 Å². The Labute approximate surface area is 91.6 Å². The van der Waals surface area contributed by atoms with Crippen LogP contribution in [-0.2, 0) is 14.4 Å². The Morgan fingerprint density at radius 3 is 2.47 bits per heavy atom. The van der Waals surface area contributed by atoms with Crippen LogP contribution in [0.4, 0.5) is 0 Å². The van der Waals surface area contributed by atoms with Crippen molar-refractivity contribution in [2.75, 3.05) is 14.2 Å². The van der Waals surface area contributed by atoms with Gasteiger partial charge in [-0.2, -0.15) is 0 Å². The molecule has 0 N–H and O–H groups in total. The van der Waals surface area contributed by atoms with E-state index >= 15 is 0 Å². The zero-order valence-electron chi connectivity index (χ0n) is 9.70. The van der Waals surface area contributed by atoms with Crippen molar-refractivity contribution in [3.8, 4) is 0 Å². The van der Waals surface area contributed by atoms with E-state index in [1.807, 2.05) is 0 Å². The zero-order valence-corrected chi connectivity index (χ0v) is 9.70. The maximum atomic E-state index is 10.8. The summed E-state index contributed by atoms with van der Waals surface area (Å²) in [7, 11) is 2.97. The Hall–Kier alpha value is -1.06. The number of unbranched alkanes of at least 4 members (excludes halogenated alkanes) is 5. The molecule has 0 bridgehead atoms. The topological polar surface area (TPSA) is 47.9 Å². The van der Waals surface area contributed by atoms with Gasteiger partial charge in [0.2, 0.25) is 0 Å². The lowest BCUT2D eigenvalue weighted by molar-refractivity contribution is -0.140. The van der Waals surface area contributed by atoms with Crippen LogP contribution >= 0.6 is 0 Å². The highest BCUT2D eigenvalue weighted by Gasteiger charge is 1.98. The fourth-order valence-corrected chi connectivity index (χ4v) is 1.26. The number of esters is 1. The third-order valence-electron chi connectivity index (χ3n) is 2.12. The Bertz CT molecular complexity index is 181. The van der Waals surface area contributed by atoms with Crippen molar-refractivity contribution in [2.24, 2.45) is 5.16 Å². The SMILES string of the molecule is CO/N=C/CCCCCCCC(=O)OC. The van der Waals surface area contributed by atoms with E-state index < -0.39 is 0 Å². The Balaban J connectivity index is 3.05. The summed E-state index contributed by atoms with van der Waals surface area (Å²) in [5.74, 6) is -0.109. The molecular weight excluding hydrogens is 194 g/mol. The van der Waals surface area contributed by atoms with E-state index in [4.69, 9.17) is 0 Å². The molecule has 4 nitrogen and oxygen atoms in total. The lowest BCUT2D eigenvalue weighted by atomic mass is 10.1. The van der Waals surface area contributed by atoms with Crippen LogP contribution < -0.4 is 0 Å². The van der Waals surface area contributed by atoms with Gasteiger partial charge in [0.05, 0.1) is 7.11 Å². The van der Waals surface area contributed by atoms with E-state index in [9.17, 15) is 4.79 Å². The van der Waals surface area contributed by atoms with Crippen LogP contribution in [0.5, 0.6) is 0 Å². The van der Waals surface area contributed by atoms with E-state index in [0.717, 1.165) is 32.1 Å². The van der Waals surface area contributed by atoms with Crippen molar-refractivity contribution in [2.45, 2.75) is 44.9 Å². The van der Waals surface area contributed by atoms with Crippen LogP contribution in [0.15, 0.2) is 5.16 Å². The van der Waals surface area contributed by atoms with Crippen molar-refractivity contribution in [1.29, 1.82) is 0 Å². The molecule has 0 unspecified atom stereocenters. The van der Waals surface area contributed by atoms with Gasteiger partial charge in [0.1, 0.15) is 7.11 Å². The smallest absolute Gasteiger partial charge is 0.305 e.